The van der Waals surface area contributed by atoms with Crippen molar-refractivity contribution in [3.8, 4) is 6.07 Å². The standard InChI is InChI=1S/C18H17N3O3/c19-12-14-6-8-15(9-7-14)20-18(24)21-16(11-17(22)23)10-13-4-2-1-3-5-13/h1-9,16H,10-11H2,(H,22,23)(H2,20,21,24). The van der Waals surface area contributed by atoms with Gasteiger partial charge < -0.3 is 15.7 Å². The van der Waals surface area contributed by atoms with Crippen LogP contribution in [0.1, 0.15) is 17.5 Å². The number of aliphatic carboxylic acids is 1. The largest absolute Gasteiger partial charge is 0.481 e. The number of benzene rings is 2. The van der Waals surface area contributed by atoms with Crippen LogP contribution in [0.2, 0.25) is 0 Å². The highest BCUT2D eigenvalue weighted by Crippen LogP contribution is 2.10. The van der Waals surface area contributed by atoms with Gasteiger partial charge in [-0.1, -0.05) is 30.3 Å². The minimum Gasteiger partial charge on any atom is -0.481 e. The number of nitrogens with one attached hydrogen (secondary N) is 2. The third kappa shape index (κ3) is 5.46. The number of carboxylic acid groups (broad SMARTS) is 1. The Hall–Kier alpha value is -3.33. The van der Waals surface area contributed by atoms with Gasteiger partial charge in [0.2, 0.25) is 0 Å². The van der Waals surface area contributed by atoms with Crippen LogP contribution >= 0.6 is 0 Å². The van der Waals surface area contributed by atoms with E-state index in [-0.39, 0.29) is 6.42 Å². The molecule has 0 aliphatic rings. The third-order valence-electron chi connectivity index (χ3n) is 3.35. The summed E-state index contributed by atoms with van der Waals surface area (Å²) in [5, 5.41) is 23.1. The summed E-state index contributed by atoms with van der Waals surface area (Å²) in [7, 11) is 0. The topological polar surface area (TPSA) is 102 Å². The molecule has 0 spiro atoms. The summed E-state index contributed by atoms with van der Waals surface area (Å²) < 4.78 is 0. The van der Waals surface area contributed by atoms with Crippen molar-refractivity contribution in [2.45, 2.75) is 18.9 Å². The van der Waals surface area contributed by atoms with E-state index in [2.05, 4.69) is 10.6 Å². The summed E-state index contributed by atoms with van der Waals surface area (Å²) in [6.45, 7) is 0. The molecule has 0 fully saturated rings. The van der Waals surface area contributed by atoms with Gasteiger partial charge in [-0.25, -0.2) is 4.79 Å². The van der Waals surface area contributed by atoms with Crippen molar-refractivity contribution in [1.82, 2.24) is 5.32 Å². The van der Waals surface area contributed by atoms with Crippen LogP contribution in [0.4, 0.5) is 10.5 Å². The predicted molar refractivity (Wildman–Crippen MR) is 89.5 cm³/mol. The molecule has 0 aromatic heterocycles. The Morgan fingerprint density at radius 1 is 1.08 bits per heavy atom. The molecule has 2 aromatic rings. The molecule has 0 saturated heterocycles. The molecule has 0 radical (unpaired) electrons. The minimum absolute atomic E-state index is 0.171. The van der Waals surface area contributed by atoms with Crippen LogP contribution in [0.3, 0.4) is 0 Å². The van der Waals surface area contributed by atoms with Crippen LogP contribution in [0.5, 0.6) is 0 Å². The molecule has 2 amide bonds. The summed E-state index contributed by atoms with van der Waals surface area (Å²) in [6.07, 6.45) is 0.254. The van der Waals surface area contributed by atoms with Gasteiger partial charge in [-0.2, -0.15) is 5.26 Å². The zero-order valence-electron chi connectivity index (χ0n) is 12.9. The summed E-state index contributed by atoms with van der Waals surface area (Å²) in [4.78, 5) is 23.1. The SMILES string of the molecule is N#Cc1ccc(NC(=O)NC(CC(=O)O)Cc2ccccc2)cc1. The first-order valence-electron chi connectivity index (χ1n) is 7.40. The average molecular weight is 323 g/mol. The van der Waals surface area contributed by atoms with Crippen LogP contribution in [0.25, 0.3) is 0 Å². The zero-order chi connectivity index (χ0) is 17.4. The van der Waals surface area contributed by atoms with Crippen LogP contribution in [0, 0.1) is 11.3 Å². The molecular formula is C18H17N3O3. The van der Waals surface area contributed by atoms with E-state index in [1.165, 1.54) is 0 Å². The number of carbonyl (C=O) groups excluding carboxylic acids is 1. The number of rotatable bonds is 6. The number of hydrogen-bond donors (Lipinski definition) is 3. The zero-order valence-corrected chi connectivity index (χ0v) is 12.9. The summed E-state index contributed by atoms with van der Waals surface area (Å²) in [5.41, 5.74) is 1.97. The molecule has 2 aromatic carbocycles. The maximum Gasteiger partial charge on any atom is 0.319 e. The van der Waals surface area contributed by atoms with Crippen molar-refractivity contribution in [3.05, 3.63) is 65.7 Å². The van der Waals surface area contributed by atoms with Crippen LogP contribution in [-0.2, 0) is 11.2 Å². The van der Waals surface area contributed by atoms with E-state index in [0.717, 1.165) is 5.56 Å². The van der Waals surface area contributed by atoms with E-state index < -0.39 is 18.0 Å². The Morgan fingerprint density at radius 2 is 1.75 bits per heavy atom. The van der Waals surface area contributed by atoms with Crippen LogP contribution in [-0.4, -0.2) is 23.1 Å². The normalized spacial score (nSPS) is 11.1. The Morgan fingerprint density at radius 3 is 2.33 bits per heavy atom. The Balaban J connectivity index is 1.98. The molecule has 0 aliphatic carbocycles. The molecule has 122 valence electrons. The van der Waals surface area contributed by atoms with Gasteiger partial charge in [0.15, 0.2) is 0 Å². The molecule has 1 unspecified atom stereocenters. The molecule has 0 aliphatic heterocycles. The van der Waals surface area contributed by atoms with Gasteiger partial charge in [0, 0.05) is 11.7 Å². The van der Waals surface area contributed by atoms with Gasteiger partial charge in [-0.05, 0) is 36.2 Å². The maximum absolute atomic E-state index is 12.1. The molecule has 6 heteroatoms. The predicted octanol–water partition coefficient (Wildman–Crippen LogP) is 2.77. The molecule has 0 heterocycles. The van der Waals surface area contributed by atoms with Crippen molar-refractivity contribution in [2.24, 2.45) is 0 Å². The number of urea groups is 1. The molecule has 2 rings (SSSR count). The second kappa shape index (κ2) is 8.34. The fourth-order valence-electron chi connectivity index (χ4n) is 2.26. The lowest BCUT2D eigenvalue weighted by atomic mass is 10.0. The number of amides is 2. The number of anilines is 1. The number of nitrogens with zero attached hydrogens (tertiary/aromatic N) is 1. The fraction of sp³-hybridized carbons (Fsp3) is 0.167. The highest BCUT2D eigenvalue weighted by atomic mass is 16.4. The molecule has 24 heavy (non-hydrogen) atoms. The van der Waals surface area contributed by atoms with Gasteiger partial charge in [0.05, 0.1) is 18.1 Å². The fourth-order valence-corrected chi connectivity index (χ4v) is 2.26. The highest BCUT2D eigenvalue weighted by Gasteiger charge is 2.16. The number of carbonyl (C=O) groups is 2. The average Bonchev–Trinajstić information content (AvgIpc) is 2.55. The van der Waals surface area contributed by atoms with Gasteiger partial charge in [0.25, 0.3) is 0 Å². The quantitative estimate of drug-likeness (QED) is 0.760. The van der Waals surface area contributed by atoms with E-state index >= 15 is 0 Å². The third-order valence-corrected chi connectivity index (χ3v) is 3.35. The Labute approximate surface area is 139 Å². The second-order valence-electron chi connectivity index (χ2n) is 5.27. The summed E-state index contributed by atoms with van der Waals surface area (Å²) in [5.74, 6) is -0.977. The van der Waals surface area contributed by atoms with E-state index in [0.29, 0.717) is 17.7 Å². The van der Waals surface area contributed by atoms with E-state index in [9.17, 15) is 9.59 Å². The van der Waals surface area contributed by atoms with Crippen molar-refractivity contribution in [2.75, 3.05) is 5.32 Å². The first kappa shape index (κ1) is 17.0. The monoisotopic (exact) mass is 323 g/mol. The molecule has 6 nitrogen and oxygen atoms in total. The first-order valence-corrected chi connectivity index (χ1v) is 7.40. The molecule has 0 saturated carbocycles. The van der Waals surface area contributed by atoms with Gasteiger partial charge in [-0.15, -0.1) is 0 Å². The van der Waals surface area contributed by atoms with Gasteiger partial charge in [-0.3, -0.25) is 4.79 Å². The van der Waals surface area contributed by atoms with Gasteiger partial charge in [0.1, 0.15) is 0 Å². The lowest BCUT2D eigenvalue weighted by Gasteiger charge is -2.17. The van der Waals surface area contributed by atoms with Crippen molar-refractivity contribution in [3.63, 3.8) is 0 Å². The van der Waals surface area contributed by atoms with E-state index in [4.69, 9.17) is 10.4 Å². The number of nitriles is 1. The lowest BCUT2D eigenvalue weighted by Crippen LogP contribution is -2.40. The van der Waals surface area contributed by atoms with Crippen molar-refractivity contribution < 1.29 is 14.7 Å². The Bertz CT molecular complexity index is 736. The summed E-state index contributed by atoms with van der Waals surface area (Å²) in [6, 6.07) is 16.8. The number of hydrogen-bond acceptors (Lipinski definition) is 3. The van der Waals surface area contributed by atoms with Crippen LogP contribution in [0.15, 0.2) is 54.6 Å². The molecule has 1 atom stereocenters. The maximum atomic E-state index is 12.1. The minimum atomic E-state index is -0.977. The number of carboxylic acids is 1. The van der Waals surface area contributed by atoms with Crippen LogP contribution < -0.4 is 10.6 Å². The Kier molecular flexibility index (Phi) is 5.92. The molecule has 3 N–H and O–H groups in total. The van der Waals surface area contributed by atoms with Crippen molar-refractivity contribution >= 4 is 17.7 Å². The molecule has 0 bridgehead atoms. The highest BCUT2D eigenvalue weighted by molar-refractivity contribution is 5.89. The van der Waals surface area contributed by atoms with Crippen molar-refractivity contribution in [1.29, 1.82) is 5.26 Å². The first-order chi connectivity index (χ1) is 11.6. The van der Waals surface area contributed by atoms with E-state index in [1.54, 1.807) is 24.3 Å². The van der Waals surface area contributed by atoms with E-state index in [1.807, 2.05) is 36.4 Å². The lowest BCUT2D eigenvalue weighted by molar-refractivity contribution is -0.137. The summed E-state index contributed by atoms with van der Waals surface area (Å²) >= 11 is 0. The molecular weight excluding hydrogens is 306 g/mol. The second-order valence-corrected chi connectivity index (χ2v) is 5.27. The smallest absolute Gasteiger partial charge is 0.319 e. The van der Waals surface area contributed by atoms with Gasteiger partial charge >= 0.3 is 12.0 Å².